The molecule has 25 heavy (non-hydrogen) atoms. The maximum absolute atomic E-state index is 6.29. The minimum atomic E-state index is 0.690. The average Bonchev–Trinajstić information content (AvgIpc) is 3.08. The van der Waals surface area contributed by atoms with Gasteiger partial charge in [-0.05, 0) is 32.5 Å². The maximum Gasteiger partial charge on any atom is 0.122 e. The molecule has 0 N–H and O–H groups in total. The summed E-state index contributed by atoms with van der Waals surface area (Å²) in [6, 6.07) is 7.93. The highest BCUT2D eigenvalue weighted by atomic mass is 35.5. The molecule has 0 radical (unpaired) electrons. The molecule has 132 valence electrons. The van der Waals surface area contributed by atoms with Gasteiger partial charge in [-0.2, -0.15) is 5.10 Å². The summed E-state index contributed by atoms with van der Waals surface area (Å²) < 4.78 is 4.09. The number of imidazole rings is 1. The number of hydrogen-bond donors (Lipinski definition) is 0. The Kier molecular flexibility index (Phi) is 5.25. The van der Waals surface area contributed by atoms with Crippen LogP contribution in [-0.2, 0) is 26.7 Å². The average molecular weight is 358 g/mol. The normalized spacial score (nSPS) is 11.4. The number of aromatic nitrogens is 4. The van der Waals surface area contributed by atoms with Gasteiger partial charge in [0.1, 0.15) is 5.82 Å². The molecule has 0 saturated heterocycles. The van der Waals surface area contributed by atoms with Crippen molar-refractivity contribution in [2.75, 3.05) is 7.05 Å². The first kappa shape index (κ1) is 17.7. The van der Waals surface area contributed by atoms with E-state index < -0.39 is 0 Å². The lowest BCUT2D eigenvalue weighted by Crippen LogP contribution is -2.20. The molecule has 0 amide bonds. The first-order valence-corrected chi connectivity index (χ1v) is 8.74. The van der Waals surface area contributed by atoms with Crippen molar-refractivity contribution >= 4 is 11.6 Å². The van der Waals surface area contributed by atoms with Crippen molar-refractivity contribution in [2.45, 2.75) is 33.5 Å². The van der Waals surface area contributed by atoms with Gasteiger partial charge in [0, 0.05) is 42.3 Å². The molecule has 2 aromatic heterocycles. The molecule has 0 atom stereocenters. The lowest BCUT2D eigenvalue weighted by Gasteiger charge is -2.17. The molecular weight excluding hydrogens is 334 g/mol. The van der Waals surface area contributed by atoms with Crippen LogP contribution in [0.2, 0.25) is 5.02 Å². The summed E-state index contributed by atoms with van der Waals surface area (Å²) in [6.07, 6.45) is 3.81. The van der Waals surface area contributed by atoms with Crippen LogP contribution >= 0.6 is 11.6 Å². The van der Waals surface area contributed by atoms with E-state index in [1.54, 1.807) is 0 Å². The minimum absolute atomic E-state index is 0.690. The molecule has 6 heteroatoms. The summed E-state index contributed by atoms with van der Waals surface area (Å²) in [5, 5.41) is 5.51. The smallest absolute Gasteiger partial charge is 0.122 e. The molecule has 0 aliphatic carbocycles. The second-order valence-electron chi connectivity index (χ2n) is 6.53. The summed E-state index contributed by atoms with van der Waals surface area (Å²) in [7, 11) is 4.13. The fourth-order valence-electron chi connectivity index (χ4n) is 3.02. The fraction of sp³-hybridized carbons (Fsp3) is 0.368. The highest BCUT2D eigenvalue weighted by molar-refractivity contribution is 6.31. The van der Waals surface area contributed by atoms with E-state index >= 15 is 0 Å². The van der Waals surface area contributed by atoms with E-state index in [0.29, 0.717) is 6.54 Å². The largest absolute Gasteiger partial charge is 0.337 e. The van der Waals surface area contributed by atoms with Crippen LogP contribution in [-0.4, -0.2) is 31.3 Å². The predicted molar refractivity (Wildman–Crippen MR) is 101 cm³/mol. The highest BCUT2D eigenvalue weighted by Gasteiger charge is 2.15. The zero-order valence-corrected chi connectivity index (χ0v) is 16.0. The molecule has 3 aromatic rings. The van der Waals surface area contributed by atoms with Crippen LogP contribution in [0.1, 0.15) is 28.3 Å². The predicted octanol–water partition coefficient (Wildman–Crippen LogP) is 3.57. The zero-order valence-electron chi connectivity index (χ0n) is 15.2. The Morgan fingerprint density at radius 2 is 1.92 bits per heavy atom. The number of rotatable bonds is 6. The van der Waals surface area contributed by atoms with E-state index in [4.69, 9.17) is 16.7 Å². The number of hydrogen-bond acceptors (Lipinski definition) is 3. The molecule has 0 fully saturated rings. The standard InChI is InChI=1S/C19H24ClN5/c1-14-17(12-23(3)13-19-21-9-10-24(19)4)15(2)25(22-14)11-16-7-5-6-8-18(16)20/h5-10H,11-13H2,1-4H3. The number of aryl methyl sites for hydroxylation is 2. The lowest BCUT2D eigenvalue weighted by molar-refractivity contribution is 0.305. The Balaban J connectivity index is 1.75. The van der Waals surface area contributed by atoms with Gasteiger partial charge in [0.15, 0.2) is 0 Å². The summed E-state index contributed by atoms with van der Waals surface area (Å²) in [5.41, 5.74) is 4.60. The second kappa shape index (κ2) is 7.42. The molecule has 3 rings (SSSR count). The van der Waals surface area contributed by atoms with Crippen molar-refractivity contribution in [3.63, 3.8) is 0 Å². The van der Waals surface area contributed by atoms with Crippen molar-refractivity contribution in [3.8, 4) is 0 Å². The van der Waals surface area contributed by atoms with Gasteiger partial charge >= 0.3 is 0 Å². The summed E-state index contributed by atoms with van der Waals surface area (Å²) >= 11 is 6.29. The van der Waals surface area contributed by atoms with Crippen LogP contribution in [0.4, 0.5) is 0 Å². The molecule has 0 spiro atoms. The minimum Gasteiger partial charge on any atom is -0.337 e. The summed E-state index contributed by atoms with van der Waals surface area (Å²) in [5.74, 6) is 1.06. The number of halogens is 1. The highest BCUT2D eigenvalue weighted by Crippen LogP contribution is 2.20. The molecule has 5 nitrogen and oxygen atoms in total. The van der Waals surface area contributed by atoms with Gasteiger partial charge in [0.25, 0.3) is 0 Å². The van der Waals surface area contributed by atoms with Gasteiger partial charge in [-0.25, -0.2) is 4.98 Å². The van der Waals surface area contributed by atoms with Crippen LogP contribution in [0.3, 0.4) is 0 Å². The first-order chi connectivity index (χ1) is 12.0. The van der Waals surface area contributed by atoms with E-state index in [1.165, 1.54) is 11.3 Å². The van der Waals surface area contributed by atoms with E-state index in [9.17, 15) is 0 Å². The van der Waals surface area contributed by atoms with Crippen molar-refractivity contribution in [1.29, 1.82) is 0 Å². The summed E-state index contributed by atoms with van der Waals surface area (Å²) in [4.78, 5) is 6.66. The van der Waals surface area contributed by atoms with Crippen molar-refractivity contribution in [3.05, 3.63) is 70.0 Å². The number of nitrogens with zero attached hydrogens (tertiary/aromatic N) is 5. The zero-order chi connectivity index (χ0) is 18.0. The van der Waals surface area contributed by atoms with Gasteiger partial charge in [-0.1, -0.05) is 29.8 Å². The van der Waals surface area contributed by atoms with E-state index in [2.05, 4.69) is 35.3 Å². The van der Waals surface area contributed by atoms with Gasteiger partial charge in [-0.15, -0.1) is 0 Å². The molecule has 0 aliphatic rings. The van der Waals surface area contributed by atoms with Crippen LogP contribution in [0, 0.1) is 13.8 Å². The van der Waals surface area contributed by atoms with Crippen molar-refractivity contribution in [2.24, 2.45) is 7.05 Å². The van der Waals surface area contributed by atoms with E-state index in [0.717, 1.165) is 35.2 Å². The van der Waals surface area contributed by atoms with Crippen LogP contribution in [0.25, 0.3) is 0 Å². The van der Waals surface area contributed by atoms with E-state index in [1.807, 2.05) is 48.4 Å². The monoisotopic (exact) mass is 357 g/mol. The molecule has 0 aliphatic heterocycles. The quantitative estimate of drug-likeness (QED) is 0.677. The van der Waals surface area contributed by atoms with Crippen molar-refractivity contribution in [1.82, 2.24) is 24.2 Å². The van der Waals surface area contributed by atoms with Crippen LogP contribution < -0.4 is 0 Å². The third kappa shape index (κ3) is 3.94. The van der Waals surface area contributed by atoms with Crippen LogP contribution in [0.15, 0.2) is 36.7 Å². The fourth-order valence-corrected chi connectivity index (χ4v) is 3.22. The summed E-state index contributed by atoms with van der Waals surface area (Å²) in [6.45, 7) is 6.53. The Morgan fingerprint density at radius 1 is 1.16 bits per heavy atom. The van der Waals surface area contributed by atoms with Crippen molar-refractivity contribution < 1.29 is 0 Å². The Morgan fingerprint density at radius 3 is 2.60 bits per heavy atom. The third-order valence-electron chi connectivity index (χ3n) is 4.57. The molecule has 0 unspecified atom stereocenters. The topological polar surface area (TPSA) is 38.9 Å². The molecule has 0 bridgehead atoms. The van der Waals surface area contributed by atoms with Gasteiger partial charge in [-0.3, -0.25) is 9.58 Å². The van der Waals surface area contributed by atoms with Gasteiger partial charge in [0.2, 0.25) is 0 Å². The second-order valence-corrected chi connectivity index (χ2v) is 6.93. The Bertz CT molecular complexity index is 865. The molecular formula is C19H24ClN5. The SMILES string of the molecule is Cc1nn(Cc2ccccc2Cl)c(C)c1CN(C)Cc1nccn1C. The molecule has 1 aromatic carbocycles. The maximum atomic E-state index is 6.29. The first-order valence-electron chi connectivity index (χ1n) is 8.36. The van der Waals surface area contributed by atoms with E-state index in [-0.39, 0.29) is 0 Å². The molecule has 0 saturated carbocycles. The van der Waals surface area contributed by atoms with Gasteiger partial charge < -0.3 is 4.57 Å². The van der Waals surface area contributed by atoms with Crippen LogP contribution in [0.5, 0.6) is 0 Å². The number of benzene rings is 1. The third-order valence-corrected chi connectivity index (χ3v) is 4.94. The Labute approximate surface area is 153 Å². The Hall–Kier alpha value is -2.11. The lowest BCUT2D eigenvalue weighted by atomic mass is 10.2. The molecule has 2 heterocycles. The van der Waals surface area contributed by atoms with Gasteiger partial charge in [0.05, 0.1) is 18.8 Å².